The van der Waals surface area contributed by atoms with E-state index in [-0.39, 0.29) is 0 Å². The van der Waals surface area contributed by atoms with E-state index >= 15 is 0 Å². The van der Waals surface area contributed by atoms with Gasteiger partial charge in [0, 0.05) is 42.7 Å². The quantitative estimate of drug-likeness (QED) is 0.832. The summed E-state index contributed by atoms with van der Waals surface area (Å²) >= 11 is 2.15. The minimum atomic E-state index is 0.540. The molecule has 0 amide bonds. The zero-order chi connectivity index (χ0) is 14.6. The molecule has 20 heavy (non-hydrogen) atoms. The van der Waals surface area contributed by atoms with E-state index in [1.165, 1.54) is 57.5 Å². The predicted molar refractivity (Wildman–Crippen MR) is 91.6 cm³/mol. The summed E-state index contributed by atoms with van der Waals surface area (Å²) in [6.07, 6.45) is 7.18. The van der Waals surface area contributed by atoms with Gasteiger partial charge in [-0.2, -0.15) is 11.8 Å². The summed E-state index contributed by atoms with van der Waals surface area (Å²) in [4.78, 5) is 2.79. The van der Waals surface area contributed by atoms with Gasteiger partial charge in [-0.05, 0) is 25.2 Å². The van der Waals surface area contributed by atoms with E-state index in [0.29, 0.717) is 11.5 Å². The largest absolute Gasteiger partial charge is 0.314 e. The van der Waals surface area contributed by atoms with Gasteiger partial charge in [-0.1, -0.05) is 40.0 Å². The Balaban J connectivity index is 1.99. The van der Waals surface area contributed by atoms with Crippen molar-refractivity contribution in [3.8, 4) is 0 Å². The Morgan fingerprint density at radius 2 is 1.90 bits per heavy atom. The molecule has 0 aromatic carbocycles. The lowest BCUT2D eigenvalue weighted by Crippen LogP contribution is -2.53. The van der Waals surface area contributed by atoms with E-state index in [2.05, 4.69) is 49.7 Å². The van der Waals surface area contributed by atoms with Crippen LogP contribution in [0.4, 0.5) is 0 Å². The van der Waals surface area contributed by atoms with Crippen molar-refractivity contribution < 1.29 is 0 Å². The number of hydrogen-bond donors (Lipinski definition) is 1. The van der Waals surface area contributed by atoms with Gasteiger partial charge in [0.25, 0.3) is 0 Å². The lowest BCUT2D eigenvalue weighted by atomic mass is 9.73. The minimum Gasteiger partial charge on any atom is -0.314 e. The van der Waals surface area contributed by atoms with E-state index in [4.69, 9.17) is 0 Å². The molecular formula is C17H34N2S. The number of nitrogens with zero attached hydrogens (tertiary/aromatic N) is 1. The maximum Gasteiger partial charge on any atom is 0.0184 e. The third-order valence-corrected chi connectivity index (χ3v) is 6.69. The van der Waals surface area contributed by atoms with Crippen molar-refractivity contribution in [3.63, 3.8) is 0 Å². The summed E-state index contributed by atoms with van der Waals surface area (Å²) in [7, 11) is 0. The summed E-state index contributed by atoms with van der Waals surface area (Å²) in [6, 6.07) is 1.36. The molecule has 2 fully saturated rings. The Morgan fingerprint density at radius 1 is 1.20 bits per heavy atom. The highest BCUT2D eigenvalue weighted by atomic mass is 32.2. The van der Waals surface area contributed by atoms with E-state index in [9.17, 15) is 0 Å². The van der Waals surface area contributed by atoms with Crippen molar-refractivity contribution in [3.05, 3.63) is 0 Å². The molecule has 1 N–H and O–H groups in total. The maximum absolute atomic E-state index is 3.74. The molecule has 0 spiro atoms. The van der Waals surface area contributed by atoms with Crippen LogP contribution in [0.1, 0.15) is 59.8 Å². The molecule has 118 valence electrons. The molecule has 0 aromatic heterocycles. The van der Waals surface area contributed by atoms with Crippen LogP contribution in [-0.2, 0) is 0 Å². The van der Waals surface area contributed by atoms with Crippen LogP contribution >= 0.6 is 11.8 Å². The first-order chi connectivity index (χ1) is 9.52. The molecule has 2 aliphatic rings. The topological polar surface area (TPSA) is 15.3 Å². The van der Waals surface area contributed by atoms with Gasteiger partial charge in [0.1, 0.15) is 0 Å². The molecule has 2 rings (SSSR count). The van der Waals surface area contributed by atoms with E-state index in [1.54, 1.807) is 0 Å². The molecule has 1 aliphatic carbocycles. The normalized spacial score (nSPS) is 31.6. The molecule has 1 saturated heterocycles. The highest BCUT2D eigenvalue weighted by molar-refractivity contribution is 8.00. The fraction of sp³-hybridized carbons (Fsp3) is 1.00. The first-order valence-corrected chi connectivity index (χ1v) is 9.66. The first kappa shape index (κ1) is 16.6. The van der Waals surface area contributed by atoms with Crippen LogP contribution < -0.4 is 5.32 Å². The van der Waals surface area contributed by atoms with Crippen molar-refractivity contribution in [1.29, 1.82) is 0 Å². The number of rotatable bonds is 5. The molecule has 1 aliphatic heterocycles. The average molecular weight is 299 g/mol. The molecule has 2 atom stereocenters. The summed E-state index contributed by atoms with van der Waals surface area (Å²) in [5.41, 5.74) is 0.540. The molecule has 2 unspecified atom stereocenters. The van der Waals surface area contributed by atoms with Crippen molar-refractivity contribution >= 4 is 11.8 Å². The van der Waals surface area contributed by atoms with Crippen LogP contribution in [0.5, 0.6) is 0 Å². The second kappa shape index (κ2) is 7.51. The Labute approximate surface area is 130 Å². The van der Waals surface area contributed by atoms with Crippen LogP contribution in [0.3, 0.4) is 0 Å². The third kappa shape index (κ3) is 4.38. The predicted octanol–water partition coefficient (Wildman–Crippen LogP) is 3.76. The van der Waals surface area contributed by atoms with E-state index < -0.39 is 0 Å². The van der Waals surface area contributed by atoms with Crippen molar-refractivity contribution in [2.75, 3.05) is 25.4 Å². The fourth-order valence-corrected chi connectivity index (χ4v) is 4.93. The van der Waals surface area contributed by atoms with Crippen molar-refractivity contribution in [2.24, 2.45) is 5.41 Å². The maximum atomic E-state index is 3.74. The van der Waals surface area contributed by atoms with Crippen LogP contribution in [0.15, 0.2) is 0 Å². The first-order valence-electron chi connectivity index (χ1n) is 8.61. The van der Waals surface area contributed by atoms with E-state index in [0.717, 1.165) is 11.3 Å². The molecular weight excluding hydrogens is 264 g/mol. The third-order valence-electron chi connectivity index (χ3n) is 5.35. The molecule has 0 radical (unpaired) electrons. The molecule has 1 saturated carbocycles. The van der Waals surface area contributed by atoms with Crippen molar-refractivity contribution in [1.82, 2.24) is 10.2 Å². The molecule has 0 aromatic rings. The number of thioether (sulfide) groups is 1. The van der Waals surface area contributed by atoms with Gasteiger partial charge in [0.05, 0.1) is 0 Å². The smallest absolute Gasteiger partial charge is 0.0184 e. The standard InChI is InChI=1S/C17H34N2S/c1-14(2)18-12-17(8-6-5-7-9-17)13-19-10-11-20-16(4)15(19)3/h14-16,18H,5-13H2,1-4H3. The van der Waals surface area contributed by atoms with Crippen molar-refractivity contribution in [2.45, 2.75) is 77.1 Å². The highest BCUT2D eigenvalue weighted by Gasteiger charge is 2.36. The lowest BCUT2D eigenvalue weighted by Gasteiger charge is -2.46. The van der Waals surface area contributed by atoms with Gasteiger partial charge in [-0.25, -0.2) is 0 Å². The number of hydrogen-bond acceptors (Lipinski definition) is 3. The Hall–Kier alpha value is 0.270. The summed E-state index contributed by atoms with van der Waals surface area (Å²) < 4.78 is 0. The van der Waals surface area contributed by atoms with Gasteiger partial charge in [-0.15, -0.1) is 0 Å². The monoisotopic (exact) mass is 298 g/mol. The average Bonchev–Trinajstić information content (AvgIpc) is 2.43. The molecule has 1 heterocycles. The van der Waals surface area contributed by atoms with Gasteiger partial charge in [0.15, 0.2) is 0 Å². The second-order valence-electron chi connectivity index (χ2n) is 7.38. The van der Waals surface area contributed by atoms with Crippen LogP contribution in [-0.4, -0.2) is 47.6 Å². The van der Waals surface area contributed by atoms with Crippen LogP contribution in [0.2, 0.25) is 0 Å². The summed E-state index contributed by atoms with van der Waals surface area (Å²) in [5, 5.41) is 4.53. The van der Waals surface area contributed by atoms with Gasteiger partial charge < -0.3 is 5.32 Å². The Morgan fingerprint density at radius 3 is 2.55 bits per heavy atom. The van der Waals surface area contributed by atoms with Gasteiger partial charge >= 0.3 is 0 Å². The van der Waals surface area contributed by atoms with Gasteiger partial charge in [-0.3, -0.25) is 4.90 Å². The fourth-order valence-electron chi connectivity index (χ4n) is 3.76. The van der Waals surface area contributed by atoms with Crippen LogP contribution in [0, 0.1) is 5.41 Å². The molecule has 0 bridgehead atoms. The zero-order valence-corrected chi connectivity index (χ0v) is 14.8. The molecule has 3 heteroatoms. The highest BCUT2D eigenvalue weighted by Crippen LogP contribution is 2.38. The summed E-state index contributed by atoms with van der Waals surface area (Å²) in [5.74, 6) is 1.32. The van der Waals surface area contributed by atoms with E-state index in [1.807, 2.05) is 0 Å². The zero-order valence-electron chi connectivity index (χ0n) is 14.0. The molecule has 2 nitrogen and oxygen atoms in total. The minimum absolute atomic E-state index is 0.540. The second-order valence-corrected chi connectivity index (χ2v) is 8.87. The number of nitrogens with one attached hydrogen (secondary N) is 1. The lowest BCUT2D eigenvalue weighted by molar-refractivity contribution is 0.0791. The SMILES string of the molecule is CC(C)NCC1(CN2CCSC(C)C2C)CCCCC1. The van der Waals surface area contributed by atoms with Gasteiger partial charge in [0.2, 0.25) is 0 Å². The Kier molecular flexibility index (Phi) is 6.25. The van der Waals surface area contributed by atoms with Crippen LogP contribution in [0.25, 0.3) is 0 Å². The Bertz CT molecular complexity index is 287. The summed E-state index contributed by atoms with van der Waals surface area (Å²) in [6.45, 7) is 13.2.